The van der Waals surface area contributed by atoms with Gasteiger partial charge in [-0.25, -0.2) is 4.79 Å². The fourth-order valence-corrected chi connectivity index (χ4v) is 4.19. The number of ether oxygens (including phenoxy) is 2. The molecule has 2 N–H and O–H groups in total. The third-order valence-electron chi connectivity index (χ3n) is 5.14. The van der Waals surface area contributed by atoms with E-state index in [-0.39, 0.29) is 24.2 Å². The number of carbonyl (C=O) groups is 3. The molecule has 0 saturated carbocycles. The fraction of sp³-hybridized carbons (Fsp3) is 0.320. The molecule has 2 aromatic carbocycles. The second-order valence-corrected chi connectivity index (χ2v) is 8.59. The lowest BCUT2D eigenvalue weighted by Crippen LogP contribution is -2.28. The Morgan fingerprint density at radius 1 is 1.06 bits per heavy atom. The van der Waals surface area contributed by atoms with Crippen molar-refractivity contribution in [3.63, 3.8) is 0 Å². The molecule has 36 heavy (non-hydrogen) atoms. The average Bonchev–Trinajstić information content (AvgIpc) is 3.31. The van der Waals surface area contributed by atoms with E-state index >= 15 is 0 Å². The quantitative estimate of drug-likeness (QED) is 0.295. The zero-order valence-electron chi connectivity index (χ0n) is 20.6. The molecule has 0 spiro atoms. The maximum absolute atomic E-state index is 12.6. The maximum Gasteiger partial charge on any atom is 0.338 e. The number of hydrogen-bond acceptors (Lipinski definition) is 8. The van der Waals surface area contributed by atoms with Crippen molar-refractivity contribution in [3.8, 4) is 5.75 Å². The largest absolute Gasteiger partial charge is 0.497 e. The number of esters is 1. The monoisotopic (exact) mass is 511 g/mol. The number of hydrogen-bond donors (Lipinski definition) is 2. The first-order valence-corrected chi connectivity index (χ1v) is 12.4. The molecule has 0 radical (unpaired) electrons. The summed E-state index contributed by atoms with van der Waals surface area (Å²) < 4.78 is 12.0. The van der Waals surface area contributed by atoms with E-state index in [4.69, 9.17) is 9.47 Å². The molecule has 1 atom stereocenters. The van der Waals surface area contributed by atoms with Crippen LogP contribution in [-0.4, -0.2) is 52.0 Å². The summed E-state index contributed by atoms with van der Waals surface area (Å²) in [4.78, 5) is 37.0. The van der Waals surface area contributed by atoms with Crippen molar-refractivity contribution >= 4 is 35.2 Å². The Labute approximate surface area is 213 Å². The Balaban J connectivity index is 1.60. The van der Waals surface area contributed by atoms with Gasteiger partial charge in [-0.15, -0.1) is 10.2 Å². The fourth-order valence-electron chi connectivity index (χ4n) is 3.38. The molecule has 0 aliphatic carbocycles. The molecular weight excluding hydrogens is 482 g/mol. The van der Waals surface area contributed by atoms with Crippen LogP contribution in [0.15, 0.2) is 53.7 Å². The SMILES string of the molecule is CCOC(=O)c1cccc(NC(=O)CSc2nnc([C@@H](C)NC(=O)c3ccc(OC)cc3)n2CC)c1. The van der Waals surface area contributed by atoms with E-state index in [0.29, 0.717) is 40.1 Å². The summed E-state index contributed by atoms with van der Waals surface area (Å²) in [6.07, 6.45) is 0. The molecule has 2 amide bonds. The molecule has 0 aliphatic heterocycles. The highest BCUT2D eigenvalue weighted by Crippen LogP contribution is 2.22. The highest BCUT2D eigenvalue weighted by molar-refractivity contribution is 7.99. The minimum Gasteiger partial charge on any atom is -0.497 e. The van der Waals surface area contributed by atoms with Gasteiger partial charge in [-0.2, -0.15) is 0 Å². The summed E-state index contributed by atoms with van der Waals surface area (Å²) in [5.74, 6) is 0.407. The topological polar surface area (TPSA) is 124 Å². The lowest BCUT2D eigenvalue weighted by atomic mass is 10.2. The van der Waals surface area contributed by atoms with E-state index in [1.165, 1.54) is 11.8 Å². The highest BCUT2D eigenvalue weighted by atomic mass is 32.2. The third-order valence-corrected chi connectivity index (χ3v) is 6.11. The second kappa shape index (κ2) is 12.7. The summed E-state index contributed by atoms with van der Waals surface area (Å²) in [6.45, 7) is 6.34. The normalized spacial score (nSPS) is 11.4. The van der Waals surface area contributed by atoms with Gasteiger partial charge < -0.3 is 24.7 Å². The molecule has 0 aliphatic rings. The van der Waals surface area contributed by atoms with Crippen molar-refractivity contribution in [1.82, 2.24) is 20.1 Å². The predicted octanol–water partition coefficient (Wildman–Crippen LogP) is 3.71. The van der Waals surface area contributed by atoms with Crippen LogP contribution in [0.5, 0.6) is 5.75 Å². The molecule has 3 rings (SSSR count). The van der Waals surface area contributed by atoms with Crippen LogP contribution in [0, 0.1) is 0 Å². The minimum absolute atomic E-state index is 0.0916. The number of methoxy groups -OCH3 is 1. The van der Waals surface area contributed by atoms with E-state index in [1.54, 1.807) is 62.6 Å². The van der Waals surface area contributed by atoms with Crippen LogP contribution in [-0.2, 0) is 16.1 Å². The summed E-state index contributed by atoms with van der Waals surface area (Å²) in [7, 11) is 1.57. The van der Waals surface area contributed by atoms with Crippen LogP contribution >= 0.6 is 11.8 Å². The number of rotatable bonds is 11. The van der Waals surface area contributed by atoms with Crippen molar-refractivity contribution < 1.29 is 23.9 Å². The van der Waals surface area contributed by atoms with Crippen LogP contribution < -0.4 is 15.4 Å². The van der Waals surface area contributed by atoms with E-state index in [0.717, 1.165) is 0 Å². The van der Waals surface area contributed by atoms with E-state index in [2.05, 4.69) is 20.8 Å². The van der Waals surface area contributed by atoms with Crippen LogP contribution in [0.4, 0.5) is 5.69 Å². The zero-order chi connectivity index (χ0) is 26.1. The first kappa shape index (κ1) is 26.7. The van der Waals surface area contributed by atoms with Gasteiger partial charge in [0.1, 0.15) is 5.75 Å². The lowest BCUT2D eigenvalue weighted by molar-refractivity contribution is -0.113. The molecular formula is C25H29N5O5S. The number of aromatic nitrogens is 3. The molecule has 0 unspecified atom stereocenters. The van der Waals surface area contributed by atoms with Gasteiger partial charge in [-0.1, -0.05) is 17.8 Å². The highest BCUT2D eigenvalue weighted by Gasteiger charge is 2.20. The van der Waals surface area contributed by atoms with Gasteiger partial charge in [-0.3, -0.25) is 9.59 Å². The van der Waals surface area contributed by atoms with Crippen LogP contribution in [0.25, 0.3) is 0 Å². The molecule has 0 fully saturated rings. The molecule has 10 nitrogen and oxygen atoms in total. The van der Waals surface area contributed by atoms with Crippen molar-refractivity contribution in [2.45, 2.75) is 38.5 Å². The van der Waals surface area contributed by atoms with Gasteiger partial charge in [0, 0.05) is 17.8 Å². The van der Waals surface area contributed by atoms with Crippen LogP contribution in [0.2, 0.25) is 0 Å². The third kappa shape index (κ3) is 6.85. The van der Waals surface area contributed by atoms with Crippen LogP contribution in [0.1, 0.15) is 53.4 Å². The molecule has 1 aromatic heterocycles. The van der Waals surface area contributed by atoms with Crippen molar-refractivity contribution in [2.75, 3.05) is 24.8 Å². The van der Waals surface area contributed by atoms with E-state index in [9.17, 15) is 14.4 Å². The number of benzene rings is 2. The average molecular weight is 512 g/mol. The van der Waals surface area contributed by atoms with E-state index in [1.807, 2.05) is 18.4 Å². The van der Waals surface area contributed by atoms with Gasteiger partial charge in [0.2, 0.25) is 5.91 Å². The number of anilines is 1. The summed E-state index contributed by atoms with van der Waals surface area (Å²) >= 11 is 1.23. The second-order valence-electron chi connectivity index (χ2n) is 7.65. The first-order valence-electron chi connectivity index (χ1n) is 11.4. The molecule has 0 saturated heterocycles. The van der Waals surface area contributed by atoms with Crippen LogP contribution in [0.3, 0.4) is 0 Å². The van der Waals surface area contributed by atoms with Crippen molar-refractivity contribution in [1.29, 1.82) is 0 Å². The molecule has 11 heteroatoms. The Morgan fingerprint density at radius 2 is 1.81 bits per heavy atom. The smallest absolute Gasteiger partial charge is 0.338 e. The summed E-state index contributed by atoms with van der Waals surface area (Å²) in [6, 6.07) is 13.0. The zero-order valence-corrected chi connectivity index (χ0v) is 21.4. The standard InChI is InChI=1S/C25H29N5O5S/c1-5-30-22(16(3)26-23(32)17-10-12-20(34-4)13-11-17)28-29-25(30)36-15-21(31)27-19-9-7-8-18(14-19)24(33)35-6-2/h7-14,16H,5-6,15H2,1-4H3,(H,26,32)(H,27,31)/t16-/m1/s1. The van der Waals surface area contributed by atoms with E-state index < -0.39 is 12.0 Å². The molecule has 3 aromatic rings. The Bertz CT molecular complexity index is 1210. The molecule has 0 bridgehead atoms. The van der Waals surface area contributed by atoms with Gasteiger partial charge in [-0.05, 0) is 63.2 Å². The Morgan fingerprint density at radius 3 is 2.47 bits per heavy atom. The predicted molar refractivity (Wildman–Crippen MR) is 136 cm³/mol. The number of nitrogens with zero attached hydrogens (tertiary/aromatic N) is 3. The first-order chi connectivity index (χ1) is 17.4. The number of thioether (sulfide) groups is 1. The Hall–Kier alpha value is -3.86. The van der Waals surface area contributed by atoms with Crippen molar-refractivity contribution in [2.24, 2.45) is 0 Å². The minimum atomic E-state index is -0.445. The summed E-state index contributed by atoms with van der Waals surface area (Å²) in [5, 5.41) is 14.7. The van der Waals surface area contributed by atoms with Gasteiger partial charge in [0.25, 0.3) is 5.91 Å². The van der Waals surface area contributed by atoms with Gasteiger partial charge >= 0.3 is 5.97 Å². The number of nitrogens with one attached hydrogen (secondary N) is 2. The van der Waals surface area contributed by atoms with Crippen molar-refractivity contribution in [3.05, 3.63) is 65.5 Å². The number of carbonyl (C=O) groups excluding carboxylic acids is 3. The summed E-state index contributed by atoms with van der Waals surface area (Å²) in [5.41, 5.74) is 1.37. The maximum atomic E-state index is 12.6. The van der Waals surface area contributed by atoms with Gasteiger partial charge in [0.15, 0.2) is 11.0 Å². The molecule has 190 valence electrons. The Kier molecular flexibility index (Phi) is 9.46. The van der Waals surface area contributed by atoms with Gasteiger partial charge in [0.05, 0.1) is 31.1 Å². The lowest BCUT2D eigenvalue weighted by Gasteiger charge is -2.15. The molecule has 1 heterocycles. The number of amides is 2.